The van der Waals surface area contributed by atoms with Crippen LogP contribution in [0.2, 0.25) is 5.02 Å². The zero-order valence-electron chi connectivity index (χ0n) is 16.8. The number of fused-ring (bicyclic) bond motifs is 1. The molecule has 0 unspecified atom stereocenters. The second-order valence-electron chi connectivity index (χ2n) is 7.08. The van der Waals surface area contributed by atoms with Gasteiger partial charge in [-0.15, -0.1) is 5.10 Å². The largest absolute Gasteiger partial charge is 0.336 e. The predicted molar refractivity (Wildman–Crippen MR) is 116 cm³/mol. The van der Waals surface area contributed by atoms with E-state index in [-0.39, 0.29) is 17.0 Å². The van der Waals surface area contributed by atoms with Crippen molar-refractivity contribution in [1.29, 1.82) is 0 Å². The van der Waals surface area contributed by atoms with Crippen LogP contribution < -0.4 is 15.4 Å². The highest BCUT2D eigenvalue weighted by Crippen LogP contribution is 2.20. The van der Waals surface area contributed by atoms with Crippen LogP contribution in [0.15, 0.2) is 41.3 Å². The Bertz CT molecular complexity index is 1180. The molecule has 0 saturated heterocycles. The molecule has 2 amide bonds. The fourth-order valence-electron chi connectivity index (χ4n) is 2.78. The van der Waals surface area contributed by atoms with Crippen molar-refractivity contribution in [3.8, 4) is 0 Å². The molecule has 0 fully saturated rings. The molecule has 0 saturated carbocycles. The van der Waals surface area contributed by atoms with Crippen molar-refractivity contribution in [2.24, 2.45) is 0 Å². The maximum absolute atomic E-state index is 12.3. The molecule has 160 valence electrons. The van der Waals surface area contributed by atoms with Crippen LogP contribution in [0.25, 0.3) is 11.0 Å². The standard InChI is InChI=1S/C19H23ClN6O3S/c1-12(2)24-30(28,29)15-6-7-18-17(11-15)23-25-26(18)9-8-21-19(27)22-14-5-4-13(3)16(20)10-14/h4-7,10-12,24H,8-9H2,1-3H3,(H2,21,22,27). The summed E-state index contributed by atoms with van der Waals surface area (Å²) in [6, 6.07) is 9.33. The van der Waals surface area contributed by atoms with Crippen molar-refractivity contribution in [1.82, 2.24) is 25.0 Å². The first kappa shape index (κ1) is 22.0. The zero-order chi connectivity index (χ0) is 21.9. The van der Waals surface area contributed by atoms with Gasteiger partial charge in [0.2, 0.25) is 10.0 Å². The molecule has 3 N–H and O–H groups in total. The third-order valence-corrected chi connectivity index (χ3v) is 6.29. The maximum atomic E-state index is 12.3. The predicted octanol–water partition coefficient (Wildman–Crippen LogP) is 2.90. The Kier molecular flexibility index (Phi) is 6.59. The van der Waals surface area contributed by atoms with Crippen molar-refractivity contribution < 1.29 is 13.2 Å². The Morgan fingerprint density at radius 3 is 2.67 bits per heavy atom. The summed E-state index contributed by atoms with van der Waals surface area (Å²) in [7, 11) is -3.61. The lowest BCUT2D eigenvalue weighted by Crippen LogP contribution is -2.31. The highest BCUT2D eigenvalue weighted by Gasteiger charge is 2.17. The summed E-state index contributed by atoms with van der Waals surface area (Å²) in [6.45, 7) is 6.06. The van der Waals surface area contributed by atoms with Crippen LogP contribution in [0, 0.1) is 6.92 Å². The fourth-order valence-corrected chi connectivity index (χ4v) is 4.24. The lowest BCUT2D eigenvalue weighted by Gasteiger charge is -2.10. The van der Waals surface area contributed by atoms with E-state index in [0.29, 0.717) is 34.8 Å². The lowest BCUT2D eigenvalue weighted by atomic mass is 10.2. The number of carbonyl (C=O) groups is 1. The average molecular weight is 451 g/mol. The molecule has 0 bridgehead atoms. The molecule has 0 aliphatic rings. The minimum Gasteiger partial charge on any atom is -0.336 e. The van der Waals surface area contributed by atoms with Crippen molar-refractivity contribution in [3.63, 3.8) is 0 Å². The molecule has 3 rings (SSSR count). The molecule has 11 heteroatoms. The molecular weight excluding hydrogens is 428 g/mol. The smallest absolute Gasteiger partial charge is 0.319 e. The van der Waals surface area contributed by atoms with Gasteiger partial charge in [-0.3, -0.25) is 0 Å². The van der Waals surface area contributed by atoms with Crippen LogP contribution in [-0.2, 0) is 16.6 Å². The number of hydrogen-bond acceptors (Lipinski definition) is 5. The molecule has 3 aromatic rings. The van der Waals surface area contributed by atoms with Gasteiger partial charge in [-0.25, -0.2) is 22.6 Å². The summed E-state index contributed by atoms with van der Waals surface area (Å²) in [4.78, 5) is 12.2. The number of nitrogens with one attached hydrogen (secondary N) is 3. The first-order chi connectivity index (χ1) is 14.2. The van der Waals surface area contributed by atoms with E-state index in [1.807, 2.05) is 13.0 Å². The summed E-state index contributed by atoms with van der Waals surface area (Å²) in [5.74, 6) is 0. The van der Waals surface area contributed by atoms with E-state index in [4.69, 9.17) is 11.6 Å². The molecule has 0 spiro atoms. The molecular formula is C19H23ClN6O3S. The molecule has 30 heavy (non-hydrogen) atoms. The number of hydrogen-bond donors (Lipinski definition) is 3. The Morgan fingerprint density at radius 2 is 1.97 bits per heavy atom. The second-order valence-corrected chi connectivity index (χ2v) is 9.21. The number of carbonyl (C=O) groups excluding carboxylic acids is 1. The van der Waals surface area contributed by atoms with Crippen molar-refractivity contribution in [3.05, 3.63) is 47.0 Å². The summed E-state index contributed by atoms with van der Waals surface area (Å²) in [5.41, 5.74) is 2.65. The number of urea groups is 1. The Morgan fingerprint density at radius 1 is 1.20 bits per heavy atom. The molecule has 0 radical (unpaired) electrons. The second kappa shape index (κ2) is 8.99. The van der Waals surface area contributed by atoms with Gasteiger partial charge in [-0.1, -0.05) is 22.9 Å². The van der Waals surface area contributed by atoms with Gasteiger partial charge in [-0.05, 0) is 56.7 Å². The summed E-state index contributed by atoms with van der Waals surface area (Å²) >= 11 is 6.06. The van der Waals surface area contributed by atoms with E-state index >= 15 is 0 Å². The average Bonchev–Trinajstić information content (AvgIpc) is 3.06. The fraction of sp³-hybridized carbons (Fsp3) is 0.316. The molecule has 1 aromatic heterocycles. The van der Waals surface area contributed by atoms with Crippen LogP contribution in [0.3, 0.4) is 0 Å². The van der Waals surface area contributed by atoms with Gasteiger partial charge in [0, 0.05) is 23.3 Å². The third kappa shape index (κ3) is 5.26. The van der Waals surface area contributed by atoms with Crippen molar-refractivity contribution >= 4 is 44.4 Å². The number of nitrogens with zero attached hydrogens (tertiary/aromatic N) is 3. The molecule has 9 nitrogen and oxygen atoms in total. The molecule has 0 atom stereocenters. The molecule has 0 aliphatic heterocycles. The Hall–Kier alpha value is -2.69. The normalized spacial score (nSPS) is 11.8. The monoisotopic (exact) mass is 450 g/mol. The van der Waals surface area contributed by atoms with Gasteiger partial charge < -0.3 is 10.6 Å². The quantitative estimate of drug-likeness (QED) is 0.511. The highest BCUT2D eigenvalue weighted by molar-refractivity contribution is 7.89. The zero-order valence-corrected chi connectivity index (χ0v) is 18.4. The van der Waals surface area contributed by atoms with Crippen molar-refractivity contribution in [2.45, 2.75) is 38.3 Å². The Balaban J connectivity index is 1.61. The highest BCUT2D eigenvalue weighted by atomic mass is 35.5. The number of aromatic nitrogens is 3. The number of rotatable bonds is 7. The molecule has 2 aromatic carbocycles. The van der Waals surface area contributed by atoms with Gasteiger partial charge in [0.1, 0.15) is 5.52 Å². The van der Waals surface area contributed by atoms with E-state index in [1.165, 1.54) is 12.1 Å². The van der Waals surface area contributed by atoms with Gasteiger partial charge >= 0.3 is 6.03 Å². The topological polar surface area (TPSA) is 118 Å². The van der Waals surface area contributed by atoms with Gasteiger partial charge in [0.15, 0.2) is 0 Å². The summed E-state index contributed by atoms with van der Waals surface area (Å²) in [6.07, 6.45) is 0. The number of aryl methyl sites for hydroxylation is 1. The number of halogens is 1. The lowest BCUT2D eigenvalue weighted by molar-refractivity contribution is 0.251. The summed E-state index contributed by atoms with van der Waals surface area (Å²) < 4.78 is 28.7. The van der Waals surface area contributed by atoms with Crippen LogP contribution in [0.4, 0.5) is 10.5 Å². The van der Waals surface area contributed by atoms with E-state index in [9.17, 15) is 13.2 Å². The minimum absolute atomic E-state index is 0.130. The first-order valence-electron chi connectivity index (χ1n) is 9.32. The summed E-state index contributed by atoms with van der Waals surface area (Å²) in [5, 5.41) is 14.1. The van der Waals surface area contributed by atoms with Crippen LogP contribution in [-0.4, -0.2) is 42.0 Å². The van der Waals surface area contributed by atoms with Gasteiger partial charge in [0.25, 0.3) is 0 Å². The molecule has 0 aliphatic carbocycles. The SMILES string of the molecule is Cc1ccc(NC(=O)NCCn2nnc3cc(S(=O)(=O)NC(C)C)ccc32)cc1Cl. The van der Waals surface area contributed by atoms with E-state index in [2.05, 4.69) is 25.7 Å². The van der Waals surface area contributed by atoms with Crippen LogP contribution >= 0.6 is 11.6 Å². The number of anilines is 1. The van der Waals surface area contributed by atoms with Gasteiger partial charge in [0.05, 0.1) is 17.0 Å². The van der Waals surface area contributed by atoms with Gasteiger partial charge in [-0.2, -0.15) is 0 Å². The van der Waals surface area contributed by atoms with E-state index in [1.54, 1.807) is 36.7 Å². The van der Waals surface area contributed by atoms with Crippen LogP contribution in [0.1, 0.15) is 19.4 Å². The maximum Gasteiger partial charge on any atom is 0.319 e. The number of benzene rings is 2. The molecule has 1 heterocycles. The van der Waals surface area contributed by atoms with E-state index in [0.717, 1.165) is 5.56 Å². The Labute approximate surface area is 179 Å². The third-order valence-electron chi connectivity index (χ3n) is 4.23. The first-order valence-corrected chi connectivity index (χ1v) is 11.2. The van der Waals surface area contributed by atoms with Crippen molar-refractivity contribution in [2.75, 3.05) is 11.9 Å². The minimum atomic E-state index is -3.61. The number of sulfonamides is 1. The van der Waals surface area contributed by atoms with E-state index < -0.39 is 10.0 Å². The van der Waals surface area contributed by atoms with Crippen LogP contribution in [0.5, 0.6) is 0 Å². The number of amides is 2.